The SMILES string of the molecule is CCC(C)C1NC(=O)C(C)(C)N(CC2CCOCC2)C1=O. The largest absolute Gasteiger partial charge is 0.381 e. The van der Waals surface area contributed by atoms with Gasteiger partial charge in [-0.2, -0.15) is 0 Å². The molecule has 0 aliphatic carbocycles. The van der Waals surface area contributed by atoms with Gasteiger partial charge in [-0.3, -0.25) is 9.59 Å². The van der Waals surface area contributed by atoms with Crippen molar-refractivity contribution in [3.8, 4) is 0 Å². The third kappa shape index (κ3) is 3.23. The lowest BCUT2D eigenvalue weighted by Gasteiger charge is -2.47. The molecule has 21 heavy (non-hydrogen) atoms. The number of nitrogens with zero attached hydrogens (tertiary/aromatic N) is 1. The Balaban J connectivity index is 2.16. The Morgan fingerprint density at radius 2 is 1.95 bits per heavy atom. The summed E-state index contributed by atoms with van der Waals surface area (Å²) in [6.45, 7) is 9.93. The molecule has 2 unspecified atom stereocenters. The second-order valence-electron chi connectivity index (χ2n) is 6.90. The molecule has 2 aliphatic heterocycles. The quantitative estimate of drug-likeness (QED) is 0.856. The van der Waals surface area contributed by atoms with Crippen molar-refractivity contribution in [2.45, 2.75) is 58.5 Å². The van der Waals surface area contributed by atoms with Gasteiger partial charge in [0.25, 0.3) is 0 Å². The number of rotatable bonds is 4. The maximum Gasteiger partial charge on any atom is 0.246 e. The first-order chi connectivity index (χ1) is 9.87. The summed E-state index contributed by atoms with van der Waals surface area (Å²) in [4.78, 5) is 27.1. The second-order valence-corrected chi connectivity index (χ2v) is 6.90. The Hall–Kier alpha value is -1.10. The Labute approximate surface area is 127 Å². The Kier molecular flexibility index (Phi) is 4.91. The molecule has 0 spiro atoms. The van der Waals surface area contributed by atoms with Gasteiger partial charge in [0.15, 0.2) is 0 Å². The van der Waals surface area contributed by atoms with Crippen LogP contribution >= 0.6 is 0 Å². The van der Waals surface area contributed by atoms with Gasteiger partial charge in [-0.25, -0.2) is 0 Å². The smallest absolute Gasteiger partial charge is 0.246 e. The van der Waals surface area contributed by atoms with Crippen molar-refractivity contribution in [1.82, 2.24) is 10.2 Å². The number of carbonyl (C=O) groups excluding carboxylic acids is 2. The van der Waals surface area contributed by atoms with E-state index in [1.165, 1.54) is 0 Å². The summed E-state index contributed by atoms with van der Waals surface area (Å²) in [6, 6.07) is -0.379. The Bertz CT molecular complexity index is 402. The van der Waals surface area contributed by atoms with Crippen molar-refractivity contribution in [1.29, 1.82) is 0 Å². The van der Waals surface area contributed by atoms with Crippen LogP contribution in [0.3, 0.4) is 0 Å². The zero-order valence-electron chi connectivity index (χ0n) is 13.6. The summed E-state index contributed by atoms with van der Waals surface area (Å²) in [5, 5.41) is 2.92. The van der Waals surface area contributed by atoms with E-state index in [1.54, 1.807) is 4.90 Å². The van der Waals surface area contributed by atoms with Crippen molar-refractivity contribution >= 4 is 11.8 Å². The van der Waals surface area contributed by atoms with Crippen LogP contribution < -0.4 is 5.32 Å². The van der Waals surface area contributed by atoms with Crippen molar-refractivity contribution in [3.05, 3.63) is 0 Å². The van der Waals surface area contributed by atoms with Crippen LogP contribution in [0, 0.1) is 11.8 Å². The van der Waals surface area contributed by atoms with Crippen molar-refractivity contribution in [2.24, 2.45) is 11.8 Å². The summed E-state index contributed by atoms with van der Waals surface area (Å²) in [7, 11) is 0. The van der Waals surface area contributed by atoms with Crippen LogP contribution in [0.1, 0.15) is 47.0 Å². The Morgan fingerprint density at radius 1 is 1.33 bits per heavy atom. The molecule has 0 saturated carbocycles. The van der Waals surface area contributed by atoms with E-state index in [4.69, 9.17) is 4.74 Å². The first kappa shape index (κ1) is 16.3. The fraction of sp³-hybridized carbons (Fsp3) is 0.875. The fourth-order valence-corrected chi connectivity index (χ4v) is 3.07. The summed E-state index contributed by atoms with van der Waals surface area (Å²) in [5.41, 5.74) is -0.765. The second kappa shape index (κ2) is 6.34. The maximum absolute atomic E-state index is 12.8. The molecule has 0 radical (unpaired) electrons. The van der Waals surface area contributed by atoms with E-state index in [2.05, 4.69) is 5.32 Å². The van der Waals surface area contributed by atoms with E-state index in [-0.39, 0.29) is 23.8 Å². The molecule has 0 bridgehead atoms. The minimum Gasteiger partial charge on any atom is -0.381 e. The van der Waals surface area contributed by atoms with Crippen LogP contribution in [0.2, 0.25) is 0 Å². The van der Waals surface area contributed by atoms with E-state index < -0.39 is 5.54 Å². The van der Waals surface area contributed by atoms with Crippen LogP contribution in [0.15, 0.2) is 0 Å². The molecule has 2 amide bonds. The van der Waals surface area contributed by atoms with E-state index in [1.807, 2.05) is 27.7 Å². The van der Waals surface area contributed by atoms with Gasteiger partial charge in [0, 0.05) is 19.8 Å². The van der Waals surface area contributed by atoms with E-state index in [9.17, 15) is 9.59 Å². The molecule has 120 valence electrons. The van der Waals surface area contributed by atoms with E-state index in [0.717, 1.165) is 32.5 Å². The third-order valence-corrected chi connectivity index (χ3v) is 5.04. The van der Waals surface area contributed by atoms with Gasteiger partial charge in [-0.1, -0.05) is 20.3 Å². The lowest BCUT2D eigenvalue weighted by atomic mass is 9.87. The zero-order chi connectivity index (χ0) is 15.6. The molecular formula is C16H28N2O3. The predicted octanol–water partition coefficient (Wildman–Crippen LogP) is 1.56. The average Bonchev–Trinajstić information content (AvgIpc) is 2.48. The van der Waals surface area contributed by atoms with Crippen LogP contribution in [0.4, 0.5) is 0 Å². The van der Waals surface area contributed by atoms with E-state index >= 15 is 0 Å². The van der Waals surface area contributed by atoms with Crippen LogP contribution in [0.5, 0.6) is 0 Å². The molecule has 0 aromatic rings. The lowest BCUT2D eigenvalue weighted by molar-refractivity contribution is -0.158. The number of ether oxygens (including phenoxy) is 1. The number of piperazine rings is 1. The number of nitrogens with one attached hydrogen (secondary N) is 1. The average molecular weight is 296 g/mol. The van der Waals surface area contributed by atoms with Crippen molar-refractivity contribution in [3.63, 3.8) is 0 Å². The first-order valence-corrected chi connectivity index (χ1v) is 8.08. The maximum atomic E-state index is 12.8. The number of carbonyl (C=O) groups is 2. The Morgan fingerprint density at radius 3 is 2.52 bits per heavy atom. The van der Waals surface area contributed by atoms with Gasteiger partial charge in [0.2, 0.25) is 11.8 Å². The molecule has 5 nitrogen and oxygen atoms in total. The predicted molar refractivity (Wildman–Crippen MR) is 80.7 cm³/mol. The van der Waals surface area contributed by atoms with E-state index in [0.29, 0.717) is 12.5 Å². The zero-order valence-corrected chi connectivity index (χ0v) is 13.6. The molecule has 5 heteroatoms. The monoisotopic (exact) mass is 296 g/mol. The standard InChI is InChI=1S/C16H28N2O3/c1-5-11(2)13-14(19)18(16(3,4)15(20)17-13)10-12-6-8-21-9-7-12/h11-13H,5-10H2,1-4H3,(H,17,20). The van der Waals surface area contributed by atoms with Gasteiger partial charge < -0.3 is 15.0 Å². The first-order valence-electron chi connectivity index (χ1n) is 8.08. The van der Waals surface area contributed by atoms with Gasteiger partial charge in [0.05, 0.1) is 0 Å². The molecular weight excluding hydrogens is 268 g/mol. The summed E-state index contributed by atoms with van der Waals surface area (Å²) >= 11 is 0. The molecule has 2 heterocycles. The van der Waals surface area contributed by atoms with Gasteiger partial charge in [-0.05, 0) is 38.5 Å². The summed E-state index contributed by atoms with van der Waals surface area (Å²) < 4.78 is 5.38. The summed E-state index contributed by atoms with van der Waals surface area (Å²) in [5.74, 6) is 0.625. The topological polar surface area (TPSA) is 58.6 Å². The van der Waals surface area contributed by atoms with Crippen molar-refractivity contribution in [2.75, 3.05) is 19.8 Å². The number of hydrogen-bond donors (Lipinski definition) is 1. The normalized spacial score (nSPS) is 28.4. The van der Waals surface area contributed by atoms with Gasteiger partial charge >= 0.3 is 0 Å². The molecule has 2 fully saturated rings. The molecule has 2 saturated heterocycles. The molecule has 1 N–H and O–H groups in total. The van der Waals surface area contributed by atoms with Crippen LogP contribution in [-0.2, 0) is 14.3 Å². The molecule has 0 aromatic heterocycles. The third-order valence-electron chi connectivity index (χ3n) is 5.04. The van der Waals surface area contributed by atoms with Gasteiger partial charge in [-0.15, -0.1) is 0 Å². The van der Waals surface area contributed by atoms with Crippen LogP contribution in [-0.4, -0.2) is 48.1 Å². The number of hydrogen-bond acceptors (Lipinski definition) is 3. The molecule has 0 aromatic carbocycles. The molecule has 2 aliphatic rings. The number of amides is 2. The fourth-order valence-electron chi connectivity index (χ4n) is 3.07. The van der Waals surface area contributed by atoms with Crippen LogP contribution in [0.25, 0.3) is 0 Å². The van der Waals surface area contributed by atoms with Gasteiger partial charge in [0.1, 0.15) is 11.6 Å². The highest BCUT2D eigenvalue weighted by Gasteiger charge is 2.47. The minimum atomic E-state index is -0.765. The molecule has 2 atom stereocenters. The highest BCUT2D eigenvalue weighted by Crippen LogP contribution is 2.28. The lowest BCUT2D eigenvalue weighted by Crippen LogP contribution is -2.70. The molecule has 2 rings (SSSR count). The van der Waals surface area contributed by atoms with Crippen molar-refractivity contribution < 1.29 is 14.3 Å². The summed E-state index contributed by atoms with van der Waals surface area (Å²) in [6.07, 6.45) is 2.81. The highest BCUT2D eigenvalue weighted by atomic mass is 16.5. The highest BCUT2D eigenvalue weighted by molar-refractivity contribution is 5.99. The minimum absolute atomic E-state index is 0.0422.